The summed E-state index contributed by atoms with van der Waals surface area (Å²) >= 11 is 5.78. The zero-order chi connectivity index (χ0) is 10.6. The van der Waals surface area contributed by atoms with E-state index in [-0.39, 0.29) is 12.6 Å². The van der Waals surface area contributed by atoms with Crippen molar-refractivity contribution in [3.8, 4) is 0 Å². The third-order valence-electron chi connectivity index (χ3n) is 1.99. The lowest BCUT2D eigenvalue weighted by Crippen LogP contribution is -2.30. The number of hydrogen-bond donors (Lipinski definition) is 2. The van der Waals surface area contributed by atoms with Crippen LogP contribution < -0.4 is 5.32 Å². The molecule has 0 amide bonds. The van der Waals surface area contributed by atoms with Crippen LogP contribution >= 0.6 is 11.6 Å². The third-order valence-corrected chi connectivity index (χ3v) is 2.24. The van der Waals surface area contributed by atoms with E-state index >= 15 is 0 Å². The van der Waals surface area contributed by atoms with Crippen molar-refractivity contribution in [3.05, 3.63) is 34.9 Å². The monoisotopic (exact) mass is 213 g/mol. The highest BCUT2D eigenvalue weighted by molar-refractivity contribution is 6.30. The smallest absolute Gasteiger partial charge is 0.0626 e. The van der Waals surface area contributed by atoms with Gasteiger partial charge in [-0.2, -0.15) is 0 Å². The van der Waals surface area contributed by atoms with Crippen molar-refractivity contribution in [2.75, 3.05) is 6.61 Å². The van der Waals surface area contributed by atoms with E-state index in [1.807, 2.05) is 24.3 Å². The lowest BCUT2D eigenvalue weighted by atomic mass is 10.1. The second-order valence-corrected chi connectivity index (χ2v) is 4.04. The van der Waals surface area contributed by atoms with Gasteiger partial charge in [0.05, 0.1) is 12.6 Å². The van der Waals surface area contributed by atoms with Crippen molar-refractivity contribution in [2.45, 2.75) is 25.9 Å². The van der Waals surface area contributed by atoms with Crippen LogP contribution in [0.1, 0.15) is 25.5 Å². The quantitative estimate of drug-likeness (QED) is 0.805. The first kappa shape index (κ1) is 11.5. The Morgan fingerprint density at radius 1 is 1.29 bits per heavy atom. The Hall–Kier alpha value is -0.570. The number of halogens is 1. The molecule has 3 heteroatoms. The molecule has 0 aliphatic rings. The first-order chi connectivity index (χ1) is 6.63. The normalized spacial score (nSPS) is 13.2. The maximum absolute atomic E-state index is 9.20. The summed E-state index contributed by atoms with van der Waals surface area (Å²) in [6.07, 6.45) is 0. The number of hydrogen-bond acceptors (Lipinski definition) is 2. The highest BCUT2D eigenvalue weighted by Crippen LogP contribution is 2.16. The molecule has 0 bridgehead atoms. The minimum Gasteiger partial charge on any atom is -0.394 e. The maximum Gasteiger partial charge on any atom is 0.0626 e. The van der Waals surface area contributed by atoms with E-state index in [0.29, 0.717) is 6.04 Å². The second kappa shape index (κ2) is 5.35. The molecule has 1 rings (SSSR count). The van der Waals surface area contributed by atoms with Gasteiger partial charge in [-0.1, -0.05) is 37.6 Å². The van der Waals surface area contributed by atoms with Crippen molar-refractivity contribution in [2.24, 2.45) is 0 Å². The molecule has 0 aliphatic carbocycles. The highest BCUT2D eigenvalue weighted by atomic mass is 35.5. The van der Waals surface area contributed by atoms with Crippen molar-refractivity contribution < 1.29 is 5.11 Å². The zero-order valence-corrected chi connectivity index (χ0v) is 9.25. The van der Waals surface area contributed by atoms with Gasteiger partial charge in [-0.05, 0) is 17.7 Å². The summed E-state index contributed by atoms with van der Waals surface area (Å²) in [6, 6.07) is 7.87. The fourth-order valence-corrected chi connectivity index (χ4v) is 1.48. The van der Waals surface area contributed by atoms with Crippen molar-refractivity contribution in [1.29, 1.82) is 0 Å². The third kappa shape index (κ3) is 3.29. The minimum absolute atomic E-state index is 0.00716. The van der Waals surface area contributed by atoms with E-state index in [0.717, 1.165) is 10.6 Å². The number of aliphatic hydroxyl groups excluding tert-OH is 1. The highest BCUT2D eigenvalue weighted by Gasteiger charge is 2.10. The molecule has 0 unspecified atom stereocenters. The SMILES string of the molecule is CC(C)N[C@@H](CO)c1ccc(Cl)cc1. The van der Waals surface area contributed by atoms with Gasteiger partial charge in [0.2, 0.25) is 0 Å². The Morgan fingerprint density at radius 2 is 1.86 bits per heavy atom. The van der Waals surface area contributed by atoms with Gasteiger partial charge in [-0.25, -0.2) is 0 Å². The molecule has 0 fully saturated rings. The summed E-state index contributed by atoms with van der Waals surface area (Å²) in [4.78, 5) is 0. The summed E-state index contributed by atoms with van der Waals surface area (Å²) < 4.78 is 0. The molecule has 1 atom stereocenters. The first-order valence-electron chi connectivity index (χ1n) is 4.76. The number of aliphatic hydroxyl groups is 1. The number of nitrogens with one attached hydrogen (secondary N) is 1. The van der Waals surface area contributed by atoms with Crippen LogP contribution in [0, 0.1) is 0 Å². The van der Waals surface area contributed by atoms with Gasteiger partial charge in [0.15, 0.2) is 0 Å². The van der Waals surface area contributed by atoms with Crippen molar-refractivity contribution in [1.82, 2.24) is 5.32 Å². The summed E-state index contributed by atoms with van der Waals surface area (Å²) in [5, 5.41) is 13.2. The van der Waals surface area contributed by atoms with Crippen LogP contribution in [0.4, 0.5) is 0 Å². The van der Waals surface area contributed by atoms with Crippen LogP contribution in [0.25, 0.3) is 0 Å². The molecule has 0 aliphatic heterocycles. The van der Waals surface area contributed by atoms with Crippen LogP contribution in [-0.4, -0.2) is 17.8 Å². The topological polar surface area (TPSA) is 32.3 Å². The number of rotatable bonds is 4. The van der Waals surface area contributed by atoms with Crippen LogP contribution in [0.5, 0.6) is 0 Å². The van der Waals surface area contributed by atoms with Crippen LogP contribution in [0.3, 0.4) is 0 Å². The Balaban J connectivity index is 2.73. The molecular weight excluding hydrogens is 198 g/mol. The molecule has 78 valence electrons. The lowest BCUT2D eigenvalue weighted by Gasteiger charge is -2.19. The largest absolute Gasteiger partial charge is 0.394 e. The van der Waals surface area contributed by atoms with Gasteiger partial charge in [-0.3, -0.25) is 0 Å². The molecule has 1 aromatic rings. The van der Waals surface area contributed by atoms with E-state index < -0.39 is 0 Å². The standard InChI is InChI=1S/C11H16ClNO/c1-8(2)13-11(7-14)9-3-5-10(12)6-4-9/h3-6,8,11,13-14H,7H2,1-2H3/t11-/m0/s1. The Bertz CT molecular complexity index is 271. The fourth-order valence-electron chi connectivity index (χ4n) is 1.35. The summed E-state index contributed by atoms with van der Waals surface area (Å²) in [6.45, 7) is 4.21. The second-order valence-electron chi connectivity index (χ2n) is 3.61. The zero-order valence-electron chi connectivity index (χ0n) is 8.50. The summed E-state index contributed by atoms with van der Waals surface area (Å²) in [5.74, 6) is 0. The molecule has 0 radical (unpaired) electrons. The van der Waals surface area contributed by atoms with Crippen molar-refractivity contribution >= 4 is 11.6 Å². The molecule has 0 heterocycles. The Morgan fingerprint density at radius 3 is 2.29 bits per heavy atom. The molecular formula is C11H16ClNO. The van der Waals surface area contributed by atoms with Gasteiger partial charge < -0.3 is 10.4 Å². The summed E-state index contributed by atoms with van der Waals surface area (Å²) in [5.41, 5.74) is 1.06. The predicted octanol–water partition coefficient (Wildman–Crippen LogP) is 2.37. The van der Waals surface area contributed by atoms with Crippen LogP contribution in [0.2, 0.25) is 5.02 Å². The number of benzene rings is 1. The van der Waals surface area contributed by atoms with Gasteiger partial charge >= 0.3 is 0 Å². The van der Waals surface area contributed by atoms with E-state index in [2.05, 4.69) is 19.2 Å². The lowest BCUT2D eigenvalue weighted by molar-refractivity contribution is 0.237. The van der Waals surface area contributed by atoms with E-state index in [1.165, 1.54) is 0 Å². The average Bonchev–Trinajstić information content (AvgIpc) is 2.15. The average molecular weight is 214 g/mol. The minimum atomic E-state index is -0.00716. The Labute approximate surface area is 89.9 Å². The van der Waals surface area contributed by atoms with E-state index in [4.69, 9.17) is 11.6 Å². The van der Waals surface area contributed by atoms with Crippen LogP contribution in [-0.2, 0) is 0 Å². The molecule has 0 saturated carbocycles. The van der Waals surface area contributed by atoms with Gasteiger partial charge in [0.1, 0.15) is 0 Å². The first-order valence-corrected chi connectivity index (χ1v) is 5.13. The maximum atomic E-state index is 9.20. The fraction of sp³-hybridized carbons (Fsp3) is 0.455. The molecule has 0 spiro atoms. The molecule has 1 aromatic carbocycles. The molecule has 2 N–H and O–H groups in total. The molecule has 14 heavy (non-hydrogen) atoms. The van der Waals surface area contributed by atoms with Crippen molar-refractivity contribution in [3.63, 3.8) is 0 Å². The Kier molecular flexibility index (Phi) is 4.39. The summed E-state index contributed by atoms with van der Waals surface area (Å²) in [7, 11) is 0. The molecule has 2 nitrogen and oxygen atoms in total. The molecule has 0 aromatic heterocycles. The van der Waals surface area contributed by atoms with Gasteiger partial charge in [0.25, 0.3) is 0 Å². The molecule has 0 saturated heterocycles. The van der Waals surface area contributed by atoms with Gasteiger partial charge in [-0.15, -0.1) is 0 Å². The van der Waals surface area contributed by atoms with E-state index in [1.54, 1.807) is 0 Å². The predicted molar refractivity (Wildman–Crippen MR) is 59.6 cm³/mol. The van der Waals surface area contributed by atoms with Crippen LogP contribution in [0.15, 0.2) is 24.3 Å². The van der Waals surface area contributed by atoms with Gasteiger partial charge in [0, 0.05) is 11.1 Å². The van der Waals surface area contributed by atoms with E-state index in [9.17, 15) is 5.11 Å².